The van der Waals surface area contributed by atoms with Crippen molar-refractivity contribution in [3.05, 3.63) is 60.0 Å². The number of nitrogens with zero attached hydrogens (tertiary/aromatic N) is 2. The van der Waals surface area contributed by atoms with Crippen molar-refractivity contribution in [3.8, 4) is 11.1 Å². The number of benzene rings is 1. The lowest BCUT2D eigenvalue weighted by Gasteiger charge is -2.09. The van der Waals surface area contributed by atoms with E-state index in [-0.39, 0.29) is 23.7 Å². The van der Waals surface area contributed by atoms with Crippen LogP contribution < -0.4 is 5.32 Å². The lowest BCUT2D eigenvalue weighted by molar-refractivity contribution is 0.0516. The molecule has 0 atom stereocenters. The molecule has 0 saturated heterocycles. The Labute approximate surface area is 148 Å². The number of carbonyl (C=O) groups is 2. The Morgan fingerprint density at radius 2 is 2.15 bits per heavy atom. The van der Waals surface area contributed by atoms with E-state index in [1.807, 2.05) is 0 Å². The van der Waals surface area contributed by atoms with E-state index >= 15 is 0 Å². The first-order valence-electron chi connectivity index (χ1n) is 7.85. The average molecular weight is 357 g/mol. The van der Waals surface area contributed by atoms with Gasteiger partial charge in [0, 0.05) is 24.9 Å². The van der Waals surface area contributed by atoms with Crippen LogP contribution in [0.4, 0.5) is 10.1 Å². The van der Waals surface area contributed by atoms with Crippen LogP contribution in [0, 0.1) is 5.82 Å². The van der Waals surface area contributed by atoms with Gasteiger partial charge in [-0.15, -0.1) is 0 Å². The molecule has 0 spiro atoms. The van der Waals surface area contributed by atoms with Gasteiger partial charge in [0.2, 0.25) is 5.76 Å². The van der Waals surface area contributed by atoms with Crippen molar-refractivity contribution < 1.29 is 23.2 Å². The number of halogens is 1. The quantitative estimate of drug-likeness (QED) is 0.709. The third kappa shape index (κ3) is 3.34. The van der Waals surface area contributed by atoms with Gasteiger partial charge in [0.05, 0.1) is 18.5 Å². The molecule has 1 aromatic carbocycles. The number of ether oxygens (including phenoxy) is 1. The number of nitrogens with one attached hydrogen (secondary N) is 1. The zero-order valence-electron chi connectivity index (χ0n) is 14.2. The summed E-state index contributed by atoms with van der Waals surface area (Å²) in [4.78, 5) is 24.7. The fraction of sp³-hybridized carbons (Fsp3) is 0.167. The van der Waals surface area contributed by atoms with Gasteiger partial charge >= 0.3 is 5.97 Å². The molecule has 3 rings (SSSR count). The van der Waals surface area contributed by atoms with Gasteiger partial charge in [0.25, 0.3) is 5.91 Å². The summed E-state index contributed by atoms with van der Waals surface area (Å²) in [6.07, 6.45) is 2.96. The lowest BCUT2D eigenvalue weighted by atomic mass is 10.1. The highest BCUT2D eigenvalue weighted by atomic mass is 19.1. The largest absolute Gasteiger partial charge is 0.461 e. The van der Waals surface area contributed by atoms with Gasteiger partial charge in [-0.25, -0.2) is 9.18 Å². The van der Waals surface area contributed by atoms with Crippen molar-refractivity contribution in [2.75, 3.05) is 11.9 Å². The topological polar surface area (TPSA) is 86.4 Å². The van der Waals surface area contributed by atoms with Crippen LogP contribution in [0.5, 0.6) is 0 Å². The van der Waals surface area contributed by atoms with E-state index < -0.39 is 17.7 Å². The average Bonchev–Trinajstić information content (AvgIpc) is 3.23. The van der Waals surface area contributed by atoms with E-state index in [0.717, 1.165) is 0 Å². The third-order valence-electron chi connectivity index (χ3n) is 3.69. The van der Waals surface area contributed by atoms with Crippen LogP contribution in [-0.2, 0) is 11.8 Å². The van der Waals surface area contributed by atoms with Gasteiger partial charge in [0.15, 0.2) is 5.69 Å². The van der Waals surface area contributed by atoms with Crippen molar-refractivity contribution in [1.29, 1.82) is 0 Å². The number of hydrogen-bond donors (Lipinski definition) is 1. The second-order valence-electron chi connectivity index (χ2n) is 5.44. The molecule has 0 fully saturated rings. The van der Waals surface area contributed by atoms with Crippen LogP contribution in [0.25, 0.3) is 11.1 Å². The predicted octanol–water partition coefficient (Wildman–Crippen LogP) is 3.25. The van der Waals surface area contributed by atoms with E-state index in [2.05, 4.69) is 10.5 Å². The van der Waals surface area contributed by atoms with E-state index in [1.165, 1.54) is 29.0 Å². The van der Waals surface area contributed by atoms with E-state index in [4.69, 9.17) is 9.26 Å². The van der Waals surface area contributed by atoms with Crippen molar-refractivity contribution in [2.45, 2.75) is 6.92 Å². The van der Waals surface area contributed by atoms with Crippen molar-refractivity contribution in [2.24, 2.45) is 7.05 Å². The molecule has 0 saturated carbocycles. The molecule has 3 aromatic rings. The first kappa shape index (κ1) is 17.4. The molecular formula is C18H16FN3O4. The van der Waals surface area contributed by atoms with Crippen molar-refractivity contribution in [3.63, 3.8) is 0 Å². The summed E-state index contributed by atoms with van der Waals surface area (Å²) in [5.74, 6) is -1.65. The maximum Gasteiger partial charge on any atom is 0.357 e. The Balaban J connectivity index is 2.10. The maximum absolute atomic E-state index is 13.6. The maximum atomic E-state index is 13.6. The van der Waals surface area contributed by atoms with Crippen LogP contribution in [0.3, 0.4) is 0 Å². The first-order chi connectivity index (χ1) is 12.5. The van der Waals surface area contributed by atoms with Gasteiger partial charge in [-0.05, 0) is 24.6 Å². The Hall–Kier alpha value is -3.42. The number of hydrogen-bond acceptors (Lipinski definition) is 5. The van der Waals surface area contributed by atoms with E-state index in [0.29, 0.717) is 11.1 Å². The number of amides is 1. The number of anilines is 1. The number of aryl methyl sites for hydroxylation is 1. The molecule has 26 heavy (non-hydrogen) atoms. The van der Waals surface area contributed by atoms with Gasteiger partial charge in [0.1, 0.15) is 5.82 Å². The fourth-order valence-electron chi connectivity index (χ4n) is 2.58. The van der Waals surface area contributed by atoms with Crippen LogP contribution in [0.1, 0.15) is 28.0 Å². The lowest BCUT2D eigenvalue weighted by Crippen LogP contribution is -2.17. The summed E-state index contributed by atoms with van der Waals surface area (Å²) in [7, 11) is 1.64. The van der Waals surface area contributed by atoms with Gasteiger partial charge < -0.3 is 19.1 Å². The highest BCUT2D eigenvalue weighted by Crippen LogP contribution is 2.34. The number of esters is 1. The van der Waals surface area contributed by atoms with Crippen LogP contribution in [0.2, 0.25) is 0 Å². The first-order valence-corrected chi connectivity index (χ1v) is 7.85. The van der Waals surface area contributed by atoms with Gasteiger partial charge in [-0.2, -0.15) is 0 Å². The molecule has 7 nitrogen and oxygen atoms in total. The van der Waals surface area contributed by atoms with Gasteiger partial charge in [-0.3, -0.25) is 4.79 Å². The normalized spacial score (nSPS) is 10.6. The van der Waals surface area contributed by atoms with Crippen LogP contribution >= 0.6 is 0 Å². The van der Waals surface area contributed by atoms with Crippen LogP contribution in [-0.4, -0.2) is 28.2 Å². The molecule has 0 unspecified atom stereocenters. The zero-order valence-corrected chi connectivity index (χ0v) is 14.2. The molecular weight excluding hydrogens is 341 g/mol. The zero-order chi connectivity index (χ0) is 18.7. The molecule has 0 aliphatic carbocycles. The van der Waals surface area contributed by atoms with E-state index in [9.17, 15) is 14.0 Å². The second kappa shape index (κ2) is 7.22. The summed E-state index contributed by atoms with van der Waals surface area (Å²) in [6, 6.07) is 7.24. The fourth-order valence-corrected chi connectivity index (χ4v) is 2.58. The highest BCUT2D eigenvalue weighted by Gasteiger charge is 2.25. The van der Waals surface area contributed by atoms with Crippen molar-refractivity contribution >= 4 is 17.6 Å². The molecule has 0 bridgehead atoms. The molecule has 0 radical (unpaired) electrons. The minimum absolute atomic E-state index is 0.0196. The molecule has 134 valence electrons. The summed E-state index contributed by atoms with van der Waals surface area (Å²) in [5, 5.41) is 6.13. The molecule has 1 N–H and O–H groups in total. The summed E-state index contributed by atoms with van der Waals surface area (Å²) in [5.41, 5.74) is 1.32. The minimum atomic E-state index is -0.606. The molecule has 0 aliphatic rings. The predicted molar refractivity (Wildman–Crippen MR) is 91.2 cm³/mol. The second-order valence-corrected chi connectivity index (χ2v) is 5.44. The third-order valence-corrected chi connectivity index (χ3v) is 3.69. The molecule has 2 aromatic heterocycles. The summed E-state index contributed by atoms with van der Waals surface area (Å²) < 4.78 is 25.1. The number of carbonyl (C=O) groups excluding carboxylic acids is 2. The Bertz CT molecular complexity index is 948. The SMILES string of the molecule is CCOC(=O)c1c(NC(=O)c2ccno2)c(-c2cccc(F)c2)cn1C. The smallest absolute Gasteiger partial charge is 0.357 e. The Morgan fingerprint density at radius 1 is 1.35 bits per heavy atom. The minimum Gasteiger partial charge on any atom is -0.461 e. The van der Waals surface area contributed by atoms with Gasteiger partial charge in [-0.1, -0.05) is 17.3 Å². The standard InChI is InChI=1S/C18H16FN3O4/c1-3-25-18(24)16-15(21-17(23)14-7-8-20-26-14)13(10-22(16)2)11-5-4-6-12(19)9-11/h4-10H,3H2,1-2H3,(H,21,23). The Morgan fingerprint density at radius 3 is 2.81 bits per heavy atom. The van der Waals surface area contributed by atoms with E-state index in [1.54, 1.807) is 32.3 Å². The van der Waals surface area contributed by atoms with Crippen molar-refractivity contribution in [1.82, 2.24) is 9.72 Å². The molecule has 0 aliphatic heterocycles. The highest BCUT2D eigenvalue weighted by molar-refractivity contribution is 6.09. The Kier molecular flexibility index (Phi) is 4.83. The monoisotopic (exact) mass is 357 g/mol. The number of rotatable bonds is 5. The summed E-state index contributed by atoms with van der Waals surface area (Å²) in [6.45, 7) is 1.86. The summed E-state index contributed by atoms with van der Waals surface area (Å²) >= 11 is 0. The van der Waals surface area contributed by atoms with Crippen LogP contribution in [0.15, 0.2) is 47.2 Å². The molecule has 2 heterocycles. The molecule has 1 amide bonds. The number of aromatic nitrogens is 2. The molecule has 8 heteroatoms.